The Hall–Kier alpha value is -2.35. The zero-order chi connectivity index (χ0) is 18.8. The number of carbonyl (C=O) groups is 1. The van der Waals surface area contributed by atoms with Gasteiger partial charge in [-0.05, 0) is 32.4 Å². The lowest BCUT2D eigenvalue weighted by Gasteiger charge is -2.28. The van der Waals surface area contributed by atoms with Gasteiger partial charge in [0.1, 0.15) is 11.9 Å². The van der Waals surface area contributed by atoms with Crippen molar-refractivity contribution in [1.29, 1.82) is 0 Å². The lowest BCUT2D eigenvalue weighted by molar-refractivity contribution is -0.116. The normalized spacial score (nSPS) is 12.7. The van der Waals surface area contributed by atoms with Gasteiger partial charge in [-0.15, -0.1) is 0 Å². The minimum atomic E-state index is -3.63. The Kier molecular flexibility index (Phi) is 5.52. The second-order valence-corrected chi connectivity index (χ2v) is 7.81. The Morgan fingerprint density at radius 1 is 1.32 bits per heavy atom. The van der Waals surface area contributed by atoms with Crippen molar-refractivity contribution in [3.63, 3.8) is 0 Å². The Bertz CT molecular complexity index is 860. The number of nitrogens with zero attached hydrogens (tertiary/aromatic N) is 3. The van der Waals surface area contributed by atoms with E-state index in [1.54, 1.807) is 49.0 Å². The second-order valence-electron chi connectivity index (χ2n) is 5.95. The molecule has 0 saturated heterocycles. The van der Waals surface area contributed by atoms with E-state index in [0.717, 1.165) is 28.2 Å². The van der Waals surface area contributed by atoms with E-state index < -0.39 is 22.0 Å². The molecule has 1 aromatic heterocycles. The van der Waals surface area contributed by atoms with Crippen LogP contribution in [0, 0.1) is 6.92 Å². The SMILES string of the molecule is CCc1c(C)nn(C)c1NC(=O)C(C)N(c1ccccc1)S(C)(=O)=O. The average Bonchev–Trinajstić information content (AvgIpc) is 2.80. The highest BCUT2D eigenvalue weighted by atomic mass is 32.2. The molecule has 8 heteroatoms. The number of rotatable bonds is 6. The third-order valence-corrected chi connectivity index (χ3v) is 5.28. The van der Waals surface area contributed by atoms with E-state index in [9.17, 15) is 13.2 Å². The number of benzene rings is 1. The van der Waals surface area contributed by atoms with Crippen LogP contribution in [0.15, 0.2) is 30.3 Å². The van der Waals surface area contributed by atoms with Gasteiger partial charge < -0.3 is 5.32 Å². The summed E-state index contributed by atoms with van der Waals surface area (Å²) in [6, 6.07) is 7.68. The van der Waals surface area contributed by atoms with Crippen LogP contribution in [0.5, 0.6) is 0 Å². The van der Waals surface area contributed by atoms with Gasteiger partial charge in [-0.3, -0.25) is 13.8 Å². The van der Waals surface area contributed by atoms with Crippen molar-refractivity contribution in [2.24, 2.45) is 7.05 Å². The molecule has 0 saturated carbocycles. The fraction of sp³-hybridized carbons (Fsp3) is 0.412. The third-order valence-electron chi connectivity index (χ3n) is 4.04. The molecule has 1 unspecified atom stereocenters. The van der Waals surface area contributed by atoms with Gasteiger partial charge in [-0.2, -0.15) is 5.10 Å². The summed E-state index contributed by atoms with van der Waals surface area (Å²) in [5, 5.41) is 7.14. The van der Waals surface area contributed by atoms with Crippen LogP contribution in [-0.4, -0.2) is 36.4 Å². The zero-order valence-electron chi connectivity index (χ0n) is 15.1. The monoisotopic (exact) mass is 364 g/mol. The Labute approximate surface area is 148 Å². The molecular weight excluding hydrogens is 340 g/mol. The summed E-state index contributed by atoms with van der Waals surface area (Å²) in [6.07, 6.45) is 1.81. The number of hydrogen-bond donors (Lipinski definition) is 1. The van der Waals surface area contributed by atoms with Crippen LogP contribution >= 0.6 is 0 Å². The van der Waals surface area contributed by atoms with E-state index >= 15 is 0 Å². The summed E-state index contributed by atoms with van der Waals surface area (Å²) in [4.78, 5) is 12.7. The van der Waals surface area contributed by atoms with Crippen molar-refractivity contribution in [2.45, 2.75) is 33.2 Å². The highest BCUT2D eigenvalue weighted by Gasteiger charge is 2.30. The van der Waals surface area contributed by atoms with E-state index in [1.165, 1.54) is 0 Å². The first kappa shape index (κ1) is 19.0. The van der Waals surface area contributed by atoms with Crippen LogP contribution < -0.4 is 9.62 Å². The fourth-order valence-electron chi connectivity index (χ4n) is 2.89. The number of sulfonamides is 1. The molecule has 0 aliphatic heterocycles. The summed E-state index contributed by atoms with van der Waals surface area (Å²) in [6.45, 7) is 5.43. The van der Waals surface area contributed by atoms with Crippen LogP contribution in [0.3, 0.4) is 0 Å². The molecule has 7 nitrogen and oxygen atoms in total. The van der Waals surface area contributed by atoms with Crippen LogP contribution in [0.1, 0.15) is 25.1 Å². The van der Waals surface area contributed by atoms with Crippen molar-refractivity contribution >= 4 is 27.4 Å². The predicted octanol–water partition coefficient (Wildman–Crippen LogP) is 2.08. The molecular formula is C17H24N4O3S. The van der Waals surface area contributed by atoms with Crippen LogP contribution in [0.4, 0.5) is 11.5 Å². The standard InChI is InChI=1S/C17H24N4O3S/c1-6-15-12(2)19-20(4)16(15)18-17(22)13(3)21(25(5,23)24)14-10-8-7-9-11-14/h7-11,13H,6H2,1-5H3,(H,18,22). The first-order valence-electron chi connectivity index (χ1n) is 8.04. The van der Waals surface area contributed by atoms with Gasteiger partial charge in [-0.1, -0.05) is 25.1 Å². The molecule has 1 N–H and O–H groups in total. The average molecular weight is 364 g/mol. The molecule has 2 aromatic rings. The van der Waals surface area contributed by atoms with Gasteiger partial charge in [0.05, 0.1) is 17.6 Å². The van der Waals surface area contributed by atoms with E-state index in [-0.39, 0.29) is 0 Å². The molecule has 0 aliphatic rings. The number of nitrogens with one attached hydrogen (secondary N) is 1. The maximum atomic E-state index is 12.7. The maximum Gasteiger partial charge on any atom is 0.249 e. The quantitative estimate of drug-likeness (QED) is 0.850. The number of carbonyl (C=O) groups excluding carboxylic acids is 1. The molecule has 0 aliphatic carbocycles. The van der Waals surface area contributed by atoms with Crippen molar-refractivity contribution in [3.05, 3.63) is 41.6 Å². The van der Waals surface area contributed by atoms with Crippen molar-refractivity contribution in [2.75, 3.05) is 15.9 Å². The van der Waals surface area contributed by atoms with Crippen LogP contribution in [0.25, 0.3) is 0 Å². The molecule has 0 bridgehead atoms. The van der Waals surface area contributed by atoms with Crippen molar-refractivity contribution in [1.82, 2.24) is 9.78 Å². The molecule has 1 aromatic carbocycles. The van der Waals surface area contributed by atoms with Gasteiger partial charge in [-0.25, -0.2) is 8.42 Å². The largest absolute Gasteiger partial charge is 0.309 e. The Morgan fingerprint density at radius 3 is 2.44 bits per heavy atom. The zero-order valence-corrected chi connectivity index (χ0v) is 16.0. The summed E-state index contributed by atoms with van der Waals surface area (Å²) in [5.74, 6) is 0.186. The number of anilines is 2. The molecule has 1 heterocycles. The lowest BCUT2D eigenvalue weighted by Crippen LogP contribution is -2.45. The minimum absolute atomic E-state index is 0.410. The Morgan fingerprint density at radius 2 is 1.92 bits per heavy atom. The first-order valence-corrected chi connectivity index (χ1v) is 9.89. The molecule has 2 rings (SSSR count). The third kappa shape index (κ3) is 4.01. The summed E-state index contributed by atoms with van der Waals surface area (Å²) in [5.41, 5.74) is 2.23. The minimum Gasteiger partial charge on any atom is -0.309 e. The molecule has 136 valence electrons. The Balaban J connectivity index is 2.34. The van der Waals surface area contributed by atoms with Gasteiger partial charge >= 0.3 is 0 Å². The van der Waals surface area contributed by atoms with E-state index in [4.69, 9.17) is 0 Å². The fourth-order valence-corrected chi connectivity index (χ4v) is 4.06. The number of aryl methyl sites for hydroxylation is 2. The lowest BCUT2D eigenvalue weighted by atomic mass is 10.2. The number of amides is 1. The topological polar surface area (TPSA) is 84.3 Å². The van der Waals surface area contributed by atoms with E-state index in [1.807, 2.05) is 13.8 Å². The summed E-state index contributed by atoms with van der Waals surface area (Å²) in [7, 11) is -1.88. The van der Waals surface area contributed by atoms with Crippen molar-refractivity contribution < 1.29 is 13.2 Å². The highest BCUT2D eigenvalue weighted by Crippen LogP contribution is 2.23. The molecule has 0 spiro atoms. The highest BCUT2D eigenvalue weighted by molar-refractivity contribution is 7.92. The predicted molar refractivity (Wildman–Crippen MR) is 99.2 cm³/mol. The van der Waals surface area contributed by atoms with Crippen LogP contribution in [-0.2, 0) is 28.3 Å². The number of aromatic nitrogens is 2. The smallest absolute Gasteiger partial charge is 0.249 e. The number of para-hydroxylation sites is 1. The van der Waals surface area contributed by atoms with Gasteiger partial charge in [0.25, 0.3) is 0 Å². The van der Waals surface area contributed by atoms with Gasteiger partial charge in [0.15, 0.2) is 0 Å². The summed E-state index contributed by atoms with van der Waals surface area (Å²) < 4.78 is 27.2. The van der Waals surface area contributed by atoms with Crippen molar-refractivity contribution in [3.8, 4) is 0 Å². The number of hydrogen-bond acceptors (Lipinski definition) is 4. The molecule has 0 radical (unpaired) electrons. The van der Waals surface area contributed by atoms with E-state index in [2.05, 4.69) is 10.4 Å². The maximum absolute atomic E-state index is 12.7. The van der Waals surface area contributed by atoms with Gasteiger partial charge in [0.2, 0.25) is 15.9 Å². The molecule has 1 amide bonds. The first-order chi connectivity index (χ1) is 11.7. The van der Waals surface area contributed by atoms with Crippen LogP contribution in [0.2, 0.25) is 0 Å². The molecule has 1 atom stereocenters. The second kappa shape index (κ2) is 7.26. The molecule has 25 heavy (non-hydrogen) atoms. The summed E-state index contributed by atoms with van der Waals surface area (Å²) >= 11 is 0. The van der Waals surface area contributed by atoms with E-state index in [0.29, 0.717) is 11.5 Å². The molecule has 0 fully saturated rings. The van der Waals surface area contributed by atoms with Gasteiger partial charge in [0, 0.05) is 12.6 Å².